The van der Waals surface area contributed by atoms with Gasteiger partial charge in [-0.1, -0.05) is 65.7 Å². The molecule has 0 N–H and O–H groups in total. The van der Waals surface area contributed by atoms with Gasteiger partial charge in [-0.3, -0.25) is 4.98 Å². The number of hydrogen-bond acceptors (Lipinski definition) is 3. The summed E-state index contributed by atoms with van der Waals surface area (Å²) in [4.78, 5) is 5.64. The highest BCUT2D eigenvalue weighted by Gasteiger charge is 2.10. The Morgan fingerprint density at radius 3 is 2.43 bits per heavy atom. The highest BCUT2D eigenvalue weighted by molar-refractivity contribution is 7.98. The highest BCUT2D eigenvalue weighted by atomic mass is 35.5. The number of pyridine rings is 1. The first-order valence-corrected chi connectivity index (χ1v) is 10.7. The zero-order valence-electron chi connectivity index (χ0n) is 15.4. The third kappa shape index (κ3) is 5.78. The maximum Gasteiger partial charge on any atom is 0.141 e. The second-order valence-electron chi connectivity index (χ2n) is 6.16. The summed E-state index contributed by atoms with van der Waals surface area (Å²) in [5.74, 6) is 1.48. The van der Waals surface area contributed by atoms with Crippen LogP contribution in [0.25, 0.3) is 0 Å². The average molecular weight is 430 g/mol. The molecule has 0 amide bonds. The summed E-state index contributed by atoms with van der Waals surface area (Å²) in [6.45, 7) is 4.45. The summed E-state index contributed by atoms with van der Waals surface area (Å²) >= 11 is 14.1. The minimum atomic E-state index is 0.610. The van der Waals surface area contributed by atoms with Crippen LogP contribution in [0.1, 0.15) is 17.0 Å². The van der Waals surface area contributed by atoms with E-state index in [0.717, 1.165) is 28.5 Å². The first-order valence-electron chi connectivity index (χ1n) is 9.00. The fourth-order valence-corrected chi connectivity index (χ4v) is 4.31. The summed E-state index contributed by atoms with van der Waals surface area (Å²) in [6, 6.07) is 19.8. The van der Waals surface area contributed by atoms with Gasteiger partial charge in [-0.2, -0.15) is 0 Å². The van der Waals surface area contributed by atoms with Crippen LogP contribution in [0, 0.1) is 0 Å². The number of hydrogen-bond donors (Lipinski definition) is 0. The molecule has 3 aromatic rings. The van der Waals surface area contributed by atoms with Gasteiger partial charge in [-0.25, -0.2) is 0 Å². The summed E-state index contributed by atoms with van der Waals surface area (Å²) in [5.41, 5.74) is 3.10. The van der Waals surface area contributed by atoms with Crippen LogP contribution in [0.2, 0.25) is 10.0 Å². The lowest BCUT2D eigenvalue weighted by Crippen LogP contribution is -2.05. The number of benzene rings is 2. The number of ether oxygens (including phenoxy) is 1. The Balaban J connectivity index is 1.65. The fraction of sp³-hybridized carbons (Fsp3) is 0.174. The van der Waals surface area contributed by atoms with Crippen LogP contribution in [0.3, 0.4) is 0 Å². The van der Waals surface area contributed by atoms with Crippen molar-refractivity contribution in [3.05, 3.63) is 100 Å². The first kappa shape index (κ1) is 20.8. The van der Waals surface area contributed by atoms with E-state index >= 15 is 0 Å². The quantitative estimate of drug-likeness (QED) is 0.269. The van der Waals surface area contributed by atoms with Gasteiger partial charge in [0.2, 0.25) is 0 Å². The van der Waals surface area contributed by atoms with E-state index in [1.54, 1.807) is 11.8 Å². The SMILES string of the molecule is C=CCc1nc(CSc2c(Cl)cccc2Cl)ccc1OCCc1ccccc1. The lowest BCUT2D eigenvalue weighted by atomic mass is 10.2. The molecule has 0 unspecified atom stereocenters. The minimum absolute atomic E-state index is 0.610. The van der Waals surface area contributed by atoms with Gasteiger partial charge in [-0.15, -0.1) is 18.3 Å². The van der Waals surface area contributed by atoms with Gasteiger partial charge in [0, 0.05) is 23.5 Å². The van der Waals surface area contributed by atoms with Gasteiger partial charge in [0.15, 0.2) is 0 Å². The topological polar surface area (TPSA) is 22.1 Å². The van der Waals surface area contributed by atoms with Gasteiger partial charge < -0.3 is 4.74 Å². The van der Waals surface area contributed by atoms with Crippen LogP contribution in [-0.2, 0) is 18.6 Å². The van der Waals surface area contributed by atoms with E-state index in [2.05, 4.69) is 18.7 Å². The molecule has 0 saturated heterocycles. The van der Waals surface area contributed by atoms with Crippen molar-refractivity contribution < 1.29 is 4.74 Å². The van der Waals surface area contributed by atoms with E-state index in [1.165, 1.54) is 5.56 Å². The van der Waals surface area contributed by atoms with Crippen LogP contribution >= 0.6 is 35.0 Å². The Morgan fingerprint density at radius 1 is 0.964 bits per heavy atom. The molecule has 0 spiro atoms. The number of nitrogens with zero attached hydrogens (tertiary/aromatic N) is 1. The molecule has 0 bridgehead atoms. The molecule has 0 fully saturated rings. The van der Waals surface area contributed by atoms with Crippen LogP contribution in [-0.4, -0.2) is 11.6 Å². The van der Waals surface area contributed by atoms with E-state index in [1.807, 2.05) is 54.6 Å². The van der Waals surface area contributed by atoms with Crippen molar-refractivity contribution in [2.45, 2.75) is 23.5 Å². The summed E-state index contributed by atoms with van der Waals surface area (Å²) in [7, 11) is 0. The molecule has 1 aromatic heterocycles. The minimum Gasteiger partial charge on any atom is -0.491 e. The Hall–Kier alpha value is -1.94. The van der Waals surface area contributed by atoms with E-state index in [9.17, 15) is 0 Å². The third-order valence-corrected chi connectivity index (χ3v) is 6.12. The van der Waals surface area contributed by atoms with Gasteiger partial charge in [0.05, 0.1) is 28.0 Å². The van der Waals surface area contributed by atoms with Crippen LogP contribution in [0.4, 0.5) is 0 Å². The van der Waals surface area contributed by atoms with Crippen LogP contribution in [0.15, 0.2) is 78.2 Å². The van der Waals surface area contributed by atoms with E-state index in [-0.39, 0.29) is 0 Å². The number of aromatic nitrogens is 1. The summed E-state index contributed by atoms with van der Waals surface area (Å²) in [6.07, 6.45) is 3.36. The Labute approximate surface area is 180 Å². The molecular formula is C23H21Cl2NOS. The van der Waals surface area contributed by atoms with Crippen LogP contribution < -0.4 is 4.74 Å². The molecule has 5 heteroatoms. The number of halogens is 2. The summed E-state index contributed by atoms with van der Waals surface area (Å²) in [5, 5.41) is 1.31. The van der Waals surface area contributed by atoms with E-state index in [0.29, 0.717) is 28.8 Å². The molecule has 0 radical (unpaired) electrons. The van der Waals surface area contributed by atoms with Gasteiger partial charge in [0.25, 0.3) is 0 Å². The molecule has 2 aromatic carbocycles. The van der Waals surface area contributed by atoms with E-state index < -0.39 is 0 Å². The van der Waals surface area contributed by atoms with Crippen molar-refractivity contribution in [3.8, 4) is 5.75 Å². The lowest BCUT2D eigenvalue weighted by Gasteiger charge is -2.12. The monoisotopic (exact) mass is 429 g/mol. The van der Waals surface area contributed by atoms with Crippen molar-refractivity contribution in [2.75, 3.05) is 6.61 Å². The Bertz CT molecular complexity index is 911. The highest BCUT2D eigenvalue weighted by Crippen LogP contribution is 2.35. The third-order valence-electron chi connectivity index (χ3n) is 4.10. The second kappa shape index (κ2) is 10.6. The second-order valence-corrected chi connectivity index (χ2v) is 7.96. The molecule has 0 saturated carbocycles. The molecule has 0 aliphatic rings. The summed E-state index contributed by atoms with van der Waals surface area (Å²) < 4.78 is 5.99. The lowest BCUT2D eigenvalue weighted by molar-refractivity contribution is 0.317. The molecule has 28 heavy (non-hydrogen) atoms. The standard InChI is InChI=1S/C23H21Cl2NOS/c1-2-7-21-22(27-15-14-17-8-4-3-5-9-17)13-12-18(26-21)16-28-23-19(24)10-6-11-20(23)25/h2-6,8-13H,1,7,14-16H2. The van der Waals surface area contributed by atoms with Gasteiger partial charge >= 0.3 is 0 Å². The Kier molecular flexibility index (Phi) is 7.84. The fourth-order valence-electron chi connectivity index (χ4n) is 2.72. The zero-order chi connectivity index (χ0) is 19.8. The zero-order valence-corrected chi connectivity index (χ0v) is 17.7. The van der Waals surface area contributed by atoms with Gasteiger partial charge in [-0.05, 0) is 29.8 Å². The Morgan fingerprint density at radius 2 is 1.71 bits per heavy atom. The number of thioether (sulfide) groups is 1. The maximum atomic E-state index is 6.25. The largest absolute Gasteiger partial charge is 0.491 e. The smallest absolute Gasteiger partial charge is 0.141 e. The first-order chi connectivity index (χ1) is 13.7. The van der Waals surface area contributed by atoms with Crippen LogP contribution in [0.5, 0.6) is 5.75 Å². The molecule has 1 heterocycles. The predicted octanol–water partition coefficient (Wildman–Crippen LogP) is 7.03. The van der Waals surface area contributed by atoms with Crippen molar-refractivity contribution >= 4 is 35.0 Å². The predicted molar refractivity (Wildman–Crippen MR) is 120 cm³/mol. The number of allylic oxidation sites excluding steroid dienone is 1. The normalized spacial score (nSPS) is 10.6. The van der Waals surface area contributed by atoms with Crippen molar-refractivity contribution in [2.24, 2.45) is 0 Å². The number of rotatable bonds is 9. The van der Waals surface area contributed by atoms with Crippen molar-refractivity contribution in [3.63, 3.8) is 0 Å². The molecule has 0 aliphatic heterocycles. The molecule has 2 nitrogen and oxygen atoms in total. The molecule has 144 valence electrons. The molecular weight excluding hydrogens is 409 g/mol. The maximum absolute atomic E-state index is 6.25. The van der Waals surface area contributed by atoms with Gasteiger partial charge in [0.1, 0.15) is 5.75 Å². The molecule has 0 aliphatic carbocycles. The van der Waals surface area contributed by atoms with E-state index in [4.69, 9.17) is 32.9 Å². The molecule has 0 atom stereocenters. The van der Waals surface area contributed by atoms with Crippen molar-refractivity contribution in [1.29, 1.82) is 0 Å². The molecule has 3 rings (SSSR count). The van der Waals surface area contributed by atoms with Crippen molar-refractivity contribution in [1.82, 2.24) is 4.98 Å². The average Bonchev–Trinajstić information content (AvgIpc) is 2.70.